The maximum absolute atomic E-state index is 12.1. The maximum atomic E-state index is 12.1. The number of thiophene rings is 1. The number of hydrogen-bond acceptors (Lipinski definition) is 2. The van der Waals surface area contributed by atoms with Crippen LogP contribution in [0.4, 0.5) is 0 Å². The monoisotopic (exact) mass is 256 g/mol. The molecule has 0 saturated carbocycles. The molecule has 3 aromatic rings. The molecule has 1 aliphatic rings. The molecule has 4 rings (SSSR count). The summed E-state index contributed by atoms with van der Waals surface area (Å²) < 4.78 is 14.5. The Balaban J connectivity index is 2.31. The lowest BCUT2D eigenvalue weighted by Gasteiger charge is -2.00. The summed E-state index contributed by atoms with van der Waals surface area (Å²) in [4.78, 5) is 0.986. The van der Waals surface area contributed by atoms with Crippen molar-refractivity contribution in [1.82, 2.24) is 0 Å². The minimum Gasteiger partial charge on any atom is -0.250 e. The molecule has 0 spiro atoms. The molecule has 2 heterocycles. The SMILES string of the molecule is O=S1C=Cc2ccc3sc4ccccc4c3c21. The Morgan fingerprint density at radius 3 is 2.82 bits per heavy atom. The lowest BCUT2D eigenvalue weighted by Crippen LogP contribution is -1.85. The Morgan fingerprint density at radius 1 is 1.00 bits per heavy atom. The van der Waals surface area contributed by atoms with Crippen LogP contribution < -0.4 is 0 Å². The Kier molecular flexibility index (Phi) is 1.84. The minimum absolute atomic E-state index is 0.981. The van der Waals surface area contributed by atoms with Gasteiger partial charge in [0, 0.05) is 25.6 Å². The minimum atomic E-state index is -0.981. The van der Waals surface area contributed by atoms with E-state index >= 15 is 0 Å². The van der Waals surface area contributed by atoms with E-state index in [1.165, 1.54) is 20.2 Å². The number of rotatable bonds is 0. The van der Waals surface area contributed by atoms with Crippen LogP contribution in [0.25, 0.3) is 26.2 Å². The summed E-state index contributed by atoms with van der Waals surface area (Å²) >= 11 is 1.77. The van der Waals surface area contributed by atoms with Gasteiger partial charge in [0.05, 0.1) is 15.7 Å². The van der Waals surface area contributed by atoms with Crippen LogP contribution in [0.1, 0.15) is 5.56 Å². The van der Waals surface area contributed by atoms with Gasteiger partial charge < -0.3 is 0 Å². The highest BCUT2D eigenvalue weighted by atomic mass is 32.2. The summed E-state index contributed by atoms with van der Waals surface area (Å²) in [5.41, 5.74) is 1.10. The molecule has 17 heavy (non-hydrogen) atoms. The van der Waals surface area contributed by atoms with Crippen molar-refractivity contribution in [2.45, 2.75) is 4.90 Å². The van der Waals surface area contributed by atoms with E-state index in [0.29, 0.717) is 0 Å². The third kappa shape index (κ3) is 1.21. The van der Waals surface area contributed by atoms with Crippen LogP contribution in [-0.2, 0) is 10.8 Å². The quantitative estimate of drug-likeness (QED) is 0.590. The Hall–Kier alpha value is -1.45. The number of fused-ring (bicyclic) bond motifs is 5. The van der Waals surface area contributed by atoms with Gasteiger partial charge in [0.25, 0.3) is 0 Å². The largest absolute Gasteiger partial charge is 0.250 e. The second-order valence-electron chi connectivity index (χ2n) is 4.06. The van der Waals surface area contributed by atoms with E-state index in [0.717, 1.165) is 10.5 Å². The van der Waals surface area contributed by atoms with E-state index in [2.05, 4.69) is 24.3 Å². The van der Waals surface area contributed by atoms with Crippen LogP contribution in [-0.4, -0.2) is 4.21 Å². The van der Waals surface area contributed by atoms with Crippen molar-refractivity contribution in [2.24, 2.45) is 0 Å². The van der Waals surface area contributed by atoms with Crippen molar-refractivity contribution in [3.8, 4) is 0 Å². The fraction of sp³-hybridized carbons (Fsp3) is 0. The van der Waals surface area contributed by atoms with E-state index in [-0.39, 0.29) is 0 Å². The number of hydrogen-bond donors (Lipinski definition) is 0. The fourth-order valence-electron chi connectivity index (χ4n) is 2.35. The molecule has 1 aromatic heterocycles. The van der Waals surface area contributed by atoms with Crippen LogP contribution in [0, 0.1) is 0 Å². The summed E-state index contributed by atoms with van der Waals surface area (Å²) in [6.07, 6.45) is 1.96. The first-order chi connectivity index (χ1) is 8.34. The van der Waals surface area contributed by atoms with E-state index < -0.39 is 10.8 Å². The van der Waals surface area contributed by atoms with Gasteiger partial charge in [-0.15, -0.1) is 11.3 Å². The van der Waals surface area contributed by atoms with Crippen molar-refractivity contribution in [3.63, 3.8) is 0 Å². The van der Waals surface area contributed by atoms with Gasteiger partial charge in [0.1, 0.15) is 0 Å². The van der Waals surface area contributed by atoms with Gasteiger partial charge in [0.2, 0.25) is 0 Å². The molecule has 3 heteroatoms. The fourth-order valence-corrected chi connectivity index (χ4v) is 4.73. The topological polar surface area (TPSA) is 17.1 Å². The Bertz CT molecular complexity index is 812. The summed E-state index contributed by atoms with van der Waals surface area (Å²) in [6.45, 7) is 0. The first-order valence-corrected chi connectivity index (χ1v) is 7.40. The highest BCUT2D eigenvalue weighted by Crippen LogP contribution is 2.40. The first kappa shape index (κ1) is 9.57. The van der Waals surface area contributed by atoms with Gasteiger partial charge in [-0.1, -0.05) is 24.3 Å². The van der Waals surface area contributed by atoms with Crippen molar-refractivity contribution < 1.29 is 4.21 Å². The van der Waals surface area contributed by atoms with Gasteiger partial charge >= 0.3 is 0 Å². The average Bonchev–Trinajstić information content (AvgIpc) is 2.90. The molecule has 0 radical (unpaired) electrons. The molecular formula is C14H8OS2. The highest BCUT2D eigenvalue weighted by Gasteiger charge is 2.18. The van der Waals surface area contributed by atoms with Gasteiger partial charge in [-0.25, -0.2) is 4.21 Å². The Labute approximate surface area is 105 Å². The standard InChI is InChI=1S/C14H8OS2/c15-17-8-7-9-5-6-12-13(14(9)17)10-3-1-2-4-11(10)16-12/h1-8H. The zero-order valence-electron chi connectivity index (χ0n) is 8.84. The third-order valence-corrected chi connectivity index (χ3v) is 5.46. The second kappa shape index (κ2) is 3.28. The molecule has 0 saturated heterocycles. The van der Waals surface area contributed by atoms with Crippen molar-refractivity contribution >= 4 is 48.4 Å². The molecule has 1 aliphatic heterocycles. The van der Waals surface area contributed by atoms with E-state index in [9.17, 15) is 4.21 Å². The van der Waals surface area contributed by atoms with Gasteiger partial charge in [0.15, 0.2) is 0 Å². The van der Waals surface area contributed by atoms with E-state index in [4.69, 9.17) is 0 Å². The smallest absolute Gasteiger partial charge is 0.0789 e. The molecule has 1 atom stereocenters. The van der Waals surface area contributed by atoms with Crippen LogP contribution in [0.3, 0.4) is 0 Å². The summed E-state index contributed by atoms with van der Waals surface area (Å²) in [6, 6.07) is 12.5. The second-order valence-corrected chi connectivity index (χ2v) is 6.41. The average molecular weight is 256 g/mol. The summed E-state index contributed by atoms with van der Waals surface area (Å²) in [5.74, 6) is 0. The zero-order chi connectivity index (χ0) is 11.4. The lowest BCUT2D eigenvalue weighted by atomic mass is 10.1. The molecule has 0 aliphatic carbocycles. The van der Waals surface area contributed by atoms with Crippen molar-refractivity contribution in [1.29, 1.82) is 0 Å². The molecule has 0 bridgehead atoms. The molecule has 1 nitrogen and oxygen atoms in total. The number of benzene rings is 2. The molecule has 0 amide bonds. The molecule has 2 aromatic carbocycles. The van der Waals surface area contributed by atoms with Gasteiger partial charge in [-0.05, 0) is 23.8 Å². The molecule has 0 N–H and O–H groups in total. The molecule has 1 unspecified atom stereocenters. The predicted molar refractivity (Wildman–Crippen MR) is 74.8 cm³/mol. The van der Waals surface area contributed by atoms with Gasteiger partial charge in [-0.3, -0.25) is 0 Å². The summed E-state index contributed by atoms with van der Waals surface area (Å²) in [7, 11) is -0.981. The molecular weight excluding hydrogens is 248 g/mol. The normalized spacial score (nSPS) is 18.0. The van der Waals surface area contributed by atoms with E-state index in [1.807, 2.05) is 18.2 Å². The van der Waals surface area contributed by atoms with Crippen molar-refractivity contribution in [2.75, 3.05) is 0 Å². The highest BCUT2D eigenvalue weighted by molar-refractivity contribution is 7.88. The van der Waals surface area contributed by atoms with Crippen LogP contribution in [0.5, 0.6) is 0 Å². The zero-order valence-corrected chi connectivity index (χ0v) is 10.5. The maximum Gasteiger partial charge on any atom is 0.0789 e. The van der Waals surface area contributed by atoms with Gasteiger partial charge in [-0.2, -0.15) is 0 Å². The van der Waals surface area contributed by atoms with Crippen molar-refractivity contribution in [3.05, 3.63) is 47.4 Å². The van der Waals surface area contributed by atoms with Crippen LogP contribution >= 0.6 is 11.3 Å². The third-order valence-electron chi connectivity index (χ3n) is 3.10. The Morgan fingerprint density at radius 2 is 1.88 bits per heavy atom. The van der Waals surface area contributed by atoms with Crippen LogP contribution in [0.15, 0.2) is 46.7 Å². The predicted octanol–water partition coefficient (Wildman–Crippen LogP) is 4.15. The first-order valence-electron chi connectivity index (χ1n) is 5.37. The summed E-state index contributed by atoms with van der Waals surface area (Å²) in [5, 5.41) is 4.17. The molecule has 82 valence electrons. The molecule has 0 fully saturated rings. The van der Waals surface area contributed by atoms with Crippen LogP contribution in [0.2, 0.25) is 0 Å². The van der Waals surface area contributed by atoms with E-state index in [1.54, 1.807) is 16.7 Å². The lowest BCUT2D eigenvalue weighted by molar-refractivity contribution is 0.689.